The third-order valence-corrected chi connectivity index (χ3v) is 6.72. The molecule has 170 valence electrons. The van der Waals surface area contributed by atoms with Crippen LogP contribution >= 0.6 is 11.6 Å². The van der Waals surface area contributed by atoms with E-state index < -0.39 is 0 Å². The summed E-state index contributed by atoms with van der Waals surface area (Å²) in [6, 6.07) is 17.5. The highest BCUT2D eigenvalue weighted by atomic mass is 35.5. The number of para-hydroxylation sites is 1. The molecule has 1 N–H and O–H groups in total. The number of piperazine rings is 1. The molecule has 2 amide bonds. The predicted octanol–water partition coefficient (Wildman–Crippen LogP) is 3.13. The molecule has 2 saturated heterocycles. The van der Waals surface area contributed by atoms with Crippen LogP contribution < -0.4 is 10.2 Å². The Hall–Kier alpha value is -2.57. The van der Waals surface area contributed by atoms with E-state index in [1.54, 1.807) is 24.3 Å². The summed E-state index contributed by atoms with van der Waals surface area (Å²) in [5.41, 5.74) is 1.92. The highest BCUT2D eigenvalue weighted by molar-refractivity contribution is 6.30. The van der Waals surface area contributed by atoms with Crippen LogP contribution in [0.25, 0.3) is 0 Å². The number of nitrogens with zero attached hydrogens (tertiary/aromatic N) is 3. The van der Waals surface area contributed by atoms with Crippen LogP contribution in [-0.2, 0) is 4.79 Å². The van der Waals surface area contributed by atoms with E-state index in [-0.39, 0.29) is 17.7 Å². The number of rotatable bonds is 6. The Kier molecular flexibility index (Phi) is 7.66. The number of piperidine rings is 1. The molecule has 6 nitrogen and oxygen atoms in total. The monoisotopic (exact) mass is 454 g/mol. The number of amides is 2. The van der Waals surface area contributed by atoms with Crippen LogP contribution in [0.15, 0.2) is 54.6 Å². The summed E-state index contributed by atoms with van der Waals surface area (Å²) in [4.78, 5) is 31.9. The van der Waals surface area contributed by atoms with E-state index in [4.69, 9.17) is 11.6 Å². The molecule has 2 aliphatic rings. The Labute approximate surface area is 195 Å². The van der Waals surface area contributed by atoms with Crippen molar-refractivity contribution in [2.24, 2.45) is 5.92 Å². The van der Waals surface area contributed by atoms with Crippen LogP contribution in [0.1, 0.15) is 23.2 Å². The number of anilines is 1. The summed E-state index contributed by atoms with van der Waals surface area (Å²) in [5, 5.41) is 3.73. The minimum atomic E-state index is -0.0146. The van der Waals surface area contributed by atoms with Gasteiger partial charge in [-0.15, -0.1) is 0 Å². The molecule has 0 unspecified atom stereocenters. The first-order valence-corrected chi connectivity index (χ1v) is 11.8. The summed E-state index contributed by atoms with van der Waals surface area (Å²) in [5.74, 6) is 0.112. The van der Waals surface area contributed by atoms with E-state index in [2.05, 4.69) is 39.4 Å². The number of hydrogen-bond acceptors (Lipinski definition) is 4. The lowest BCUT2D eigenvalue weighted by Gasteiger charge is -2.36. The van der Waals surface area contributed by atoms with E-state index in [1.807, 2.05) is 11.0 Å². The first-order valence-electron chi connectivity index (χ1n) is 11.4. The summed E-state index contributed by atoms with van der Waals surface area (Å²) < 4.78 is 0. The van der Waals surface area contributed by atoms with Gasteiger partial charge in [0.2, 0.25) is 5.91 Å². The molecule has 2 heterocycles. The van der Waals surface area contributed by atoms with E-state index in [0.717, 1.165) is 32.7 Å². The van der Waals surface area contributed by atoms with Crippen molar-refractivity contribution in [1.82, 2.24) is 15.1 Å². The first-order chi connectivity index (χ1) is 15.6. The van der Waals surface area contributed by atoms with Crippen LogP contribution in [0.3, 0.4) is 0 Å². The Bertz CT molecular complexity index is 890. The highest BCUT2D eigenvalue weighted by Gasteiger charge is 2.28. The number of carbonyl (C=O) groups excluding carboxylic acids is 2. The molecule has 0 saturated carbocycles. The zero-order valence-corrected chi connectivity index (χ0v) is 19.1. The maximum absolute atomic E-state index is 12.6. The number of carbonyl (C=O) groups is 2. The molecular formula is C25H31ClN4O2. The van der Waals surface area contributed by atoms with Gasteiger partial charge in [-0.3, -0.25) is 14.5 Å². The van der Waals surface area contributed by atoms with Gasteiger partial charge in [0.05, 0.1) is 0 Å². The second-order valence-electron chi connectivity index (χ2n) is 8.53. The molecule has 2 aliphatic heterocycles. The van der Waals surface area contributed by atoms with E-state index >= 15 is 0 Å². The first kappa shape index (κ1) is 22.6. The number of benzene rings is 2. The fourth-order valence-corrected chi connectivity index (χ4v) is 4.60. The third-order valence-electron chi connectivity index (χ3n) is 6.47. The second-order valence-corrected chi connectivity index (χ2v) is 8.97. The Morgan fingerprint density at radius 2 is 1.53 bits per heavy atom. The molecule has 0 bridgehead atoms. The SMILES string of the molecule is O=C(NCCN1CCN(c2ccccc2)CC1)C1CCN(C(=O)c2ccc(Cl)cc2)CC1. The van der Waals surface area contributed by atoms with Crippen molar-refractivity contribution < 1.29 is 9.59 Å². The van der Waals surface area contributed by atoms with Crippen LogP contribution in [-0.4, -0.2) is 74.0 Å². The average molecular weight is 455 g/mol. The zero-order chi connectivity index (χ0) is 22.3. The van der Waals surface area contributed by atoms with Gasteiger partial charge in [0.15, 0.2) is 0 Å². The van der Waals surface area contributed by atoms with Gasteiger partial charge >= 0.3 is 0 Å². The fraction of sp³-hybridized carbons (Fsp3) is 0.440. The zero-order valence-electron chi connectivity index (χ0n) is 18.4. The maximum atomic E-state index is 12.6. The standard InChI is InChI=1S/C25H31ClN4O2/c26-22-8-6-21(7-9-22)25(32)30-13-10-20(11-14-30)24(31)27-12-15-28-16-18-29(19-17-28)23-4-2-1-3-5-23/h1-9,20H,10-19H2,(H,27,31). The van der Waals surface area contributed by atoms with Gasteiger partial charge in [-0.1, -0.05) is 29.8 Å². The van der Waals surface area contributed by atoms with E-state index in [1.165, 1.54) is 5.69 Å². The van der Waals surface area contributed by atoms with Gasteiger partial charge < -0.3 is 15.1 Å². The lowest BCUT2D eigenvalue weighted by molar-refractivity contribution is -0.126. The Morgan fingerprint density at radius 1 is 0.875 bits per heavy atom. The Balaban J connectivity index is 1.14. The minimum Gasteiger partial charge on any atom is -0.369 e. The smallest absolute Gasteiger partial charge is 0.253 e. The fourth-order valence-electron chi connectivity index (χ4n) is 4.47. The number of halogens is 1. The average Bonchev–Trinajstić information content (AvgIpc) is 2.85. The van der Waals surface area contributed by atoms with Crippen LogP contribution in [0.2, 0.25) is 5.02 Å². The van der Waals surface area contributed by atoms with Gasteiger partial charge in [-0.05, 0) is 49.2 Å². The summed E-state index contributed by atoms with van der Waals surface area (Å²) in [6.45, 7) is 6.82. The molecule has 2 aromatic carbocycles. The van der Waals surface area contributed by atoms with Crippen molar-refractivity contribution in [3.8, 4) is 0 Å². The summed E-state index contributed by atoms with van der Waals surface area (Å²) in [7, 11) is 0. The van der Waals surface area contributed by atoms with Crippen molar-refractivity contribution in [2.75, 3.05) is 57.3 Å². The van der Waals surface area contributed by atoms with Gasteiger partial charge in [0, 0.05) is 74.5 Å². The van der Waals surface area contributed by atoms with Crippen LogP contribution in [0.5, 0.6) is 0 Å². The van der Waals surface area contributed by atoms with Crippen molar-refractivity contribution >= 4 is 29.1 Å². The summed E-state index contributed by atoms with van der Waals surface area (Å²) >= 11 is 5.90. The maximum Gasteiger partial charge on any atom is 0.253 e. The van der Waals surface area contributed by atoms with Gasteiger partial charge in [0.1, 0.15) is 0 Å². The lowest BCUT2D eigenvalue weighted by Crippen LogP contribution is -2.49. The molecule has 0 aromatic heterocycles. The molecule has 32 heavy (non-hydrogen) atoms. The van der Waals surface area contributed by atoms with Gasteiger partial charge in [0.25, 0.3) is 5.91 Å². The molecule has 0 radical (unpaired) electrons. The van der Waals surface area contributed by atoms with E-state index in [9.17, 15) is 9.59 Å². The van der Waals surface area contributed by atoms with Crippen molar-refractivity contribution in [1.29, 1.82) is 0 Å². The largest absolute Gasteiger partial charge is 0.369 e. The van der Waals surface area contributed by atoms with Crippen molar-refractivity contribution in [3.05, 3.63) is 65.2 Å². The second kappa shape index (κ2) is 10.8. The topological polar surface area (TPSA) is 55.9 Å². The van der Waals surface area contributed by atoms with Crippen molar-refractivity contribution in [3.63, 3.8) is 0 Å². The number of nitrogens with one attached hydrogen (secondary N) is 1. The molecule has 7 heteroatoms. The van der Waals surface area contributed by atoms with Crippen molar-refractivity contribution in [2.45, 2.75) is 12.8 Å². The molecule has 2 aromatic rings. The molecule has 0 atom stereocenters. The molecule has 4 rings (SSSR count). The normalized spacial score (nSPS) is 17.9. The van der Waals surface area contributed by atoms with Gasteiger partial charge in [-0.2, -0.15) is 0 Å². The predicted molar refractivity (Wildman–Crippen MR) is 128 cm³/mol. The third kappa shape index (κ3) is 5.81. The summed E-state index contributed by atoms with van der Waals surface area (Å²) in [6.07, 6.45) is 1.42. The molecule has 0 spiro atoms. The molecule has 2 fully saturated rings. The number of likely N-dealkylation sites (tertiary alicyclic amines) is 1. The minimum absolute atomic E-state index is 0.00942. The number of hydrogen-bond donors (Lipinski definition) is 1. The van der Waals surface area contributed by atoms with Crippen LogP contribution in [0.4, 0.5) is 5.69 Å². The van der Waals surface area contributed by atoms with Crippen LogP contribution in [0, 0.1) is 5.92 Å². The molecule has 0 aliphatic carbocycles. The molecular weight excluding hydrogens is 424 g/mol. The van der Waals surface area contributed by atoms with E-state index in [0.29, 0.717) is 43.1 Å². The quantitative estimate of drug-likeness (QED) is 0.728. The lowest BCUT2D eigenvalue weighted by atomic mass is 9.95. The Morgan fingerprint density at radius 3 is 2.19 bits per heavy atom. The van der Waals surface area contributed by atoms with Gasteiger partial charge in [-0.25, -0.2) is 0 Å². The highest BCUT2D eigenvalue weighted by Crippen LogP contribution is 2.20.